The number of carbonyl (C=O) groups excluding carboxylic acids is 7. The van der Waals surface area contributed by atoms with Gasteiger partial charge < -0.3 is 44.9 Å². The summed E-state index contributed by atoms with van der Waals surface area (Å²) in [5, 5.41) is 31.2. The summed E-state index contributed by atoms with van der Waals surface area (Å²) in [6.45, 7) is 0.403. The van der Waals surface area contributed by atoms with Crippen LogP contribution in [0, 0.1) is 5.92 Å². The van der Waals surface area contributed by atoms with Crippen LogP contribution >= 0.6 is 0 Å². The van der Waals surface area contributed by atoms with Crippen molar-refractivity contribution in [3.8, 4) is 0 Å². The molecule has 18 nitrogen and oxygen atoms in total. The predicted molar refractivity (Wildman–Crippen MR) is 177 cm³/mol. The van der Waals surface area contributed by atoms with Crippen LogP contribution in [-0.4, -0.2) is 133 Å². The Balaban J connectivity index is 5.78. The highest BCUT2D eigenvalue weighted by Gasteiger charge is 2.72. The highest BCUT2D eigenvalue weighted by Crippen LogP contribution is 2.48. The van der Waals surface area contributed by atoms with Gasteiger partial charge in [-0.1, -0.05) is 13.8 Å². The number of esters is 1. The smallest absolute Gasteiger partial charge is 0.459 e. The molecule has 0 rings (SSSR count). The quantitative estimate of drug-likeness (QED) is 0.0212. The maximum Gasteiger partial charge on any atom is 0.459 e. The fourth-order valence-corrected chi connectivity index (χ4v) is 4.64. The second kappa shape index (κ2) is 26.4. The van der Waals surface area contributed by atoms with E-state index in [2.05, 4.69) is 9.62 Å². The van der Waals surface area contributed by atoms with Gasteiger partial charge in [0, 0.05) is 39.2 Å². The average molecular weight is 863 g/mol. The lowest BCUT2D eigenvalue weighted by Gasteiger charge is -2.28. The van der Waals surface area contributed by atoms with Crippen molar-refractivity contribution < 1.29 is 108 Å². The number of ether oxygens (including phenoxy) is 4. The van der Waals surface area contributed by atoms with Gasteiger partial charge in [-0.25, -0.2) is 9.68 Å². The minimum atomic E-state index is -6.69. The number of aliphatic hydroxyl groups is 3. The third kappa shape index (κ3) is 19.8. The van der Waals surface area contributed by atoms with Gasteiger partial charge in [0.15, 0.2) is 17.3 Å². The summed E-state index contributed by atoms with van der Waals surface area (Å²) in [6.07, 6.45) is -19.8. The number of hydrogen-bond donors (Lipinski definition) is 5. The molecule has 25 heteroatoms. The fraction of sp³-hybridized carbons (Fsp3) is 0.788. The van der Waals surface area contributed by atoms with Crippen molar-refractivity contribution in [2.75, 3.05) is 26.9 Å². The van der Waals surface area contributed by atoms with Crippen molar-refractivity contribution in [3.63, 3.8) is 0 Å². The number of carbonyl (C=O) groups is 7. The number of alkyl halides is 7. The van der Waals surface area contributed by atoms with Crippen LogP contribution in [0.15, 0.2) is 0 Å². The molecule has 0 fully saturated rings. The number of Topliss-reactive ketones (excluding diaryl/α,β-unsaturated/α-hetero) is 4. The Labute approximate surface area is 327 Å². The van der Waals surface area contributed by atoms with E-state index in [0.717, 1.165) is 14.0 Å². The van der Waals surface area contributed by atoms with Crippen molar-refractivity contribution in [1.29, 1.82) is 0 Å². The van der Waals surface area contributed by atoms with E-state index >= 15 is 0 Å². The van der Waals surface area contributed by atoms with Gasteiger partial charge in [0.25, 0.3) is 18.5 Å². The molecular weight excluding hydrogens is 813 g/mol. The van der Waals surface area contributed by atoms with Gasteiger partial charge in [-0.05, 0) is 32.6 Å². The van der Waals surface area contributed by atoms with Gasteiger partial charge in [-0.3, -0.25) is 28.8 Å². The van der Waals surface area contributed by atoms with Gasteiger partial charge in [-0.15, -0.1) is 0 Å². The van der Waals surface area contributed by atoms with Crippen molar-refractivity contribution in [1.82, 2.24) is 10.6 Å². The monoisotopic (exact) mass is 862 g/mol. The minimum absolute atomic E-state index is 0.0109. The second-order valence-electron chi connectivity index (χ2n) is 12.4. The molecule has 0 aliphatic heterocycles. The van der Waals surface area contributed by atoms with Crippen LogP contribution in [0.5, 0.6) is 0 Å². The molecule has 0 heterocycles. The van der Waals surface area contributed by atoms with E-state index < -0.39 is 123 Å². The van der Waals surface area contributed by atoms with Crippen molar-refractivity contribution in [3.05, 3.63) is 0 Å². The molecule has 336 valence electrons. The molecule has 0 aliphatic carbocycles. The first-order chi connectivity index (χ1) is 26.8. The summed E-state index contributed by atoms with van der Waals surface area (Å²) >= 11 is 0. The Morgan fingerprint density at radius 3 is 1.81 bits per heavy atom. The van der Waals surface area contributed by atoms with Crippen molar-refractivity contribution >= 4 is 40.9 Å². The zero-order valence-electron chi connectivity index (χ0n) is 32.0. The third-order valence-corrected chi connectivity index (χ3v) is 7.56. The third-order valence-electron chi connectivity index (χ3n) is 7.56. The van der Waals surface area contributed by atoms with Crippen LogP contribution in [0.25, 0.3) is 0 Å². The number of amides is 2. The number of ketones is 4. The minimum Gasteiger partial charge on any atom is -0.462 e. The van der Waals surface area contributed by atoms with Gasteiger partial charge >= 0.3 is 24.0 Å². The zero-order chi connectivity index (χ0) is 44.9. The molecule has 5 unspecified atom stereocenters. The van der Waals surface area contributed by atoms with Crippen LogP contribution in [-0.2, 0) is 62.3 Å². The van der Waals surface area contributed by atoms with E-state index in [-0.39, 0.29) is 50.7 Å². The number of aliphatic hydroxyl groups excluding tert-OH is 2. The topological polar surface area (TPSA) is 260 Å². The van der Waals surface area contributed by atoms with Crippen LogP contribution < -0.4 is 10.6 Å². The Bertz CT molecular complexity index is 1350. The average Bonchev–Trinajstić information content (AvgIpc) is 3.10. The summed E-state index contributed by atoms with van der Waals surface area (Å²) in [5.41, 5.74) is 0. The Morgan fingerprint density at radius 1 is 0.724 bits per heavy atom. The molecule has 5 N–H and O–H groups in total. The Hall–Kier alpha value is -3.72. The number of hydrogen-bond acceptors (Lipinski definition) is 16. The lowest BCUT2D eigenvalue weighted by molar-refractivity contribution is -0.379. The molecule has 0 saturated carbocycles. The summed E-state index contributed by atoms with van der Waals surface area (Å²) < 4.78 is 111. The molecule has 0 aromatic rings. The van der Waals surface area contributed by atoms with Crippen LogP contribution in [0.4, 0.5) is 30.7 Å². The van der Waals surface area contributed by atoms with Crippen LogP contribution in [0.1, 0.15) is 85.0 Å². The standard InChI is InChI=1S/C33H49F7N2O16/c1-5-9-19(44)10-7-11-20(45)16-55-29(27(50)54-15-14-31(34,35)32(36,37)33(38,39)40)57-28(26(49)41-18(3)43)58-56-17-21(46)12-8-13-23(47)24(53-4)22(6-2)25(48)42-30(51)52/h18,22,24,28-30,43,51-52H,5-17H2,1-4H3,(H,41,49)(H,42,48). The van der Waals surface area contributed by atoms with E-state index in [4.69, 9.17) is 29.3 Å². The molecule has 58 heavy (non-hydrogen) atoms. The Morgan fingerprint density at radius 2 is 1.29 bits per heavy atom. The number of rotatable bonds is 32. The van der Waals surface area contributed by atoms with E-state index in [0.29, 0.717) is 6.42 Å². The Kier molecular flexibility index (Phi) is 24.7. The van der Waals surface area contributed by atoms with E-state index in [1.807, 2.05) is 10.6 Å². The first kappa shape index (κ1) is 54.3. The van der Waals surface area contributed by atoms with E-state index in [9.17, 15) is 69.4 Å². The number of methoxy groups -OCH3 is 1. The predicted octanol–water partition coefficient (Wildman–Crippen LogP) is 1.68. The summed E-state index contributed by atoms with van der Waals surface area (Å²) in [4.78, 5) is 96.2. The van der Waals surface area contributed by atoms with Gasteiger partial charge in [0.05, 0.1) is 18.9 Å². The lowest BCUT2D eigenvalue weighted by Crippen LogP contribution is -2.52. The molecule has 0 aliphatic rings. The maximum absolute atomic E-state index is 13.8. The molecule has 0 bridgehead atoms. The highest BCUT2D eigenvalue weighted by molar-refractivity contribution is 5.91. The first-order valence-electron chi connectivity index (χ1n) is 17.6. The normalized spacial score (nSPS) is 14.9. The second-order valence-corrected chi connectivity index (χ2v) is 12.4. The fourth-order valence-electron chi connectivity index (χ4n) is 4.64. The van der Waals surface area contributed by atoms with Crippen molar-refractivity contribution in [2.45, 2.75) is 134 Å². The lowest BCUT2D eigenvalue weighted by atomic mass is 9.92. The molecule has 2 amide bonds. The molecule has 0 saturated heterocycles. The summed E-state index contributed by atoms with van der Waals surface area (Å²) in [6, 6.07) is 0. The van der Waals surface area contributed by atoms with Crippen LogP contribution in [0.3, 0.4) is 0 Å². The first-order valence-corrected chi connectivity index (χ1v) is 17.6. The number of nitrogens with one attached hydrogen (secondary N) is 2. The molecule has 0 spiro atoms. The van der Waals surface area contributed by atoms with Gasteiger partial charge in [0.1, 0.15) is 31.3 Å². The highest BCUT2D eigenvalue weighted by atomic mass is 19.4. The van der Waals surface area contributed by atoms with E-state index in [1.165, 1.54) is 6.92 Å². The molecule has 0 aromatic carbocycles. The SMILES string of the molecule is CCCC(=O)CCCC(=O)COC(OC(OOCC(=O)CCCC(=O)C(OC)C(CC)C(=O)NC(O)O)C(=O)NC(C)O)C(=O)OCCC(F)(F)C(F)(F)C(F)(F)F. The summed E-state index contributed by atoms with van der Waals surface area (Å²) in [7, 11) is 1.13. The maximum atomic E-state index is 13.8. The van der Waals surface area contributed by atoms with E-state index in [1.54, 1.807) is 6.92 Å². The molecule has 5 atom stereocenters. The van der Waals surface area contributed by atoms with Gasteiger partial charge in [0.2, 0.25) is 12.3 Å². The molecule has 0 radical (unpaired) electrons. The van der Waals surface area contributed by atoms with Gasteiger partial charge in [-0.2, -0.15) is 35.6 Å². The summed E-state index contributed by atoms with van der Waals surface area (Å²) in [5.74, 6) is -20.2. The molecular formula is C33H49F7N2O16. The number of halogens is 7. The zero-order valence-corrected chi connectivity index (χ0v) is 32.0. The molecule has 0 aromatic heterocycles. The van der Waals surface area contributed by atoms with Crippen molar-refractivity contribution in [2.24, 2.45) is 5.92 Å². The largest absolute Gasteiger partial charge is 0.462 e. The van der Waals surface area contributed by atoms with Crippen LogP contribution in [0.2, 0.25) is 0 Å².